The summed E-state index contributed by atoms with van der Waals surface area (Å²) < 4.78 is 0. The maximum absolute atomic E-state index is 5.90. The summed E-state index contributed by atoms with van der Waals surface area (Å²) >= 11 is 13.6. The monoisotopic (exact) mass is 279 g/mol. The van der Waals surface area contributed by atoms with Crippen molar-refractivity contribution in [3.63, 3.8) is 0 Å². The van der Waals surface area contributed by atoms with Crippen LogP contribution in [-0.4, -0.2) is 27.7 Å². The number of nitrogens with zero attached hydrogens (tertiary/aromatic N) is 2. The predicted octanol–water partition coefficient (Wildman–Crippen LogP) is 3.73. The molecule has 0 saturated carbocycles. The summed E-state index contributed by atoms with van der Waals surface area (Å²) in [6.45, 7) is 4.27. The lowest BCUT2D eigenvalue weighted by molar-refractivity contribution is 0.769. The van der Waals surface area contributed by atoms with Crippen molar-refractivity contribution >= 4 is 40.7 Å². The van der Waals surface area contributed by atoms with Crippen LogP contribution in [0.2, 0.25) is 10.3 Å². The molecular formula is C10H15Cl2N3S. The zero-order valence-electron chi connectivity index (χ0n) is 9.33. The van der Waals surface area contributed by atoms with Crippen LogP contribution < -0.4 is 5.32 Å². The molecule has 1 N–H and O–H groups in total. The molecule has 0 spiro atoms. The second kappa shape index (κ2) is 7.20. The number of rotatable bonds is 6. The first-order valence-electron chi connectivity index (χ1n) is 5.16. The standard InChI is InChI=1S/C10H15Cl2N3S/c1-3-16-5-4-7(2)13-8-6-9(11)14-15-10(8)12/h6-7H,3-5H2,1-2H3,(H,13,14). The maximum Gasteiger partial charge on any atom is 0.174 e. The van der Waals surface area contributed by atoms with Crippen molar-refractivity contribution in [2.75, 3.05) is 16.8 Å². The molecule has 1 rings (SSSR count). The van der Waals surface area contributed by atoms with Crippen LogP contribution in [-0.2, 0) is 0 Å². The van der Waals surface area contributed by atoms with Gasteiger partial charge < -0.3 is 5.32 Å². The number of nitrogens with one attached hydrogen (secondary N) is 1. The smallest absolute Gasteiger partial charge is 0.174 e. The molecular weight excluding hydrogens is 265 g/mol. The van der Waals surface area contributed by atoms with E-state index in [-0.39, 0.29) is 0 Å². The fraction of sp³-hybridized carbons (Fsp3) is 0.600. The molecule has 1 aromatic rings. The Labute approximate surface area is 110 Å². The van der Waals surface area contributed by atoms with Crippen LogP contribution in [0, 0.1) is 0 Å². The SMILES string of the molecule is CCSCCC(C)Nc1cc(Cl)nnc1Cl. The van der Waals surface area contributed by atoms with E-state index in [2.05, 4.69) is 29.4 Å². The molecule has 1 atom stereocenters. The van der Waals surface area contributed by atoms with Crippen LogP contribution in [0.5, 0.6) is 0 Å². The van der Waals surface area contributed by atoms with Crippen molar-refractivity contribution in [1.29, 1.82) is 0 Å². The Morgan fingerprint density at radius 2 is 2.19 bits per heavy atom. The molecule has 6 heteroatoms. The lowest BCUT2D eigenvalue weighted by Gasteiger charge is -2.15. The number of hydrogen-bond donors (Lipinski definition) is 1. The number of thioether (sulfide) groups is 1. The van der Waals surface area contributed by atoms with Crippen molar-refractivity contribution < 1.29 is 0 Å². The Kier molecular flexibility index (Phi) is 6.24. The molecule has 0 radical (unpaired) electrons. The largest absolute Gasteiger partial charge is 0.380 e. The van der Waals surface area contributed by atoms with Gasteiger partial charge in [-0.2, -0.15) is 11.8 Å². The van der Waals surface area contributed by atoms with Gasteiger partial charge in [0.15, 0.2) is 10.3 Å². The van der Waals surface area contributed by atoms with Crippen LogP contribution in [0.3, 0.4) is 0 Å². The Balaban J connectivity index is 2.48. The third kappa shape index (κ3) is 4.76. The van der Waals surface area contributed by atoms with Crippen molar-refractivity contribution in [2.45, 2.75) is 26.3 Å². The van der Waals surface area contributed by atoms with Gasteiger partial charge in [0.1, 0.15) is 0 Å². The third-order valence-corrected chi connectivity index (χ3v) is 3.42. The molecule has 3 nitrogen and oxygen atoms in total. The van der Waals surface area contributed by atoms with Gasteiger partial charge in [0.25, 0.3) is 0 Å². The zero-order valence-corrected chi connectivity index (χ0v) is 11.7. The molecule has 0 fully saturated rings. The normalized spacial score (nSPS) is 12.5. The van der Waals surface area contributed by atoms with E-state index in [9.17, 15) is 0 Å². The molecule has 16 heavy (non-hydrogen) atoms. The van der Waals surface area contributed by atoms with Crippen LogP contribution in [0.25, 0.3) is 0 Å². The van der Waals surface area contributed by atoms with Gasteiger partial charge in [-0.15, -0.1) is 10.2 Å². The molecule has 0 saturated heterocycles. The molecule has 0 bridgehead atoms. The van der Waals surface area contributed by atoms with Crippen molar-refractivity contribution in [3.8, 4) is 0 Å². The average molecular weight is 280 g/mol. The van der Waals surface area contributed by atoms with Crippen molar-refractivity contribution in [2.24, 2.45) is 0 Å². The van der Waals surface area contributed by atoms with E-state index >= 15 is 0 Å². The minimum absolute atomic E-state index is 0.344. The lowest BCUT2D eigenvalue weighted by atomic mass is 10.2. The van der Waals surface area contributed by atoms with E-state index < -0.39 is 0 Å². The second-order valence-electron chi connectivity index (χ2n) is 3.40. The molecule has 0 aliphatic heterocycles. The average Bonchev–Trinajstić information content (AvgIpc) is 2.24. The first-order valence-corrected chi connectivity index (χ1v) is 7.07. The summed E-state index contributed by atoms with van der Waals surface area (Å²) in [5, 5.41) is 11.4. The fourth-order valence-corrected chi connectivity index (χ4v) is 2.30. The van der Waals surface area contributed by atoms with Gasteiger partial charge in [-0.1, -0.05) is 30.1 Å². The number of aromatic nitrogens is 2. The van der Waals surface area contributed by atoms with Crippen LogP contribution in [0.4, 0.5) is 5.69 Å². The molecule has 0 aliphatic carbocycles. The van der Waals surface area contributed by atoms with Gasteiger partial charge in [-0.25, -0.2) is 0 Å². The molecule has 0 aliphatic rings. The van der Waals surface area contributed by atoms with Gasteiger partial charge in [0, 0.05) is 12.1 Å². The highest BCUT2D eigenvalue weighted by Crippen LogP contribution is 2.22. The molecule has 1 unspecified atom stereocenters. The molecule has 0 aromatic carbocycles. The van der Waals surface area contributed by atoms with Crippen LogP contribution >= 0.6 is 35.0 Å². The molecule has 0 amide bonds. The zero-order chi connectivity index (χ0) is 12.0. The van der Waals surface area contributed by atoms with Gasteiger partial charge in [-0.3, -0.25) is 0 Å². The summed E-state index contributed by atoms with van der Waals surface area (Å²) in [7, 11) is 0. The maximum atomic E-state index is 5.90. The Morgan fingerprint density at radius 3 is 2.88 bits per heavy atom. The first kappa shape index (κ1) is 13.9. The summed E-state index contributed by atoms with van der Waals surface area (Å²) in [6.07, 6.45) is 1.08. The fourth-order valence-electron chi connectivity index (χ4n) is 1.20. The van der Waals surface area contributed by atoms with Gasteiger partial charge in [0.2, 0.25) is 0 Å². The van der Waals surface area contributed by atoms with Crippen molar-refractivity contribution in [1.82, 2.24) is 10.2 Å². The summed E-state index contributed by atoms with van der Waals surface area (Å²) in [5.41, 5.74) is 0.746. The van der Waals surface area contributed by atoms with Gasteiger partial charge in [-0.05, 0) is 24.9 Å². The van der Waals surface area contributed by atoms with E-state index in [0.29, 0.717) is 16.3 Å². The summed E-state index contributed by atoms with van der Waals surface area (Å²) in [5.74, 6) is 2.28. The summed E-state index contributed by atoms with van der Waals surface area (Å²) in [4.78, 5) is 0. The highest BCUT2D eigenvalue weighted by atomic mass is 35.5. The number of anilines is 1. The Hall–Kier alpha value is -0.190. The van der Waals surface area contributed by atoms with Crippen LogP contribution in [0.1, 0.15) is 20.3 Å². The molecule has 1 heterocycles. The highest BCUT2D eigenvalue weighted by molar-refractivity contribution is 7.99. The van der Waals surface area contributed by atoms with E-state index in [1.165, 1.54) is 0 Å². The minimum Gasteiger partial charge on any atom is -0.380 e. The van der Waals surface area contributed by atoms with Gasteiger partial charge in [0.05, 0.1) is 5.69 Å². The quantitative estimate of drug-likeness (QED) is 0.806. The van der Waals surface area contributed by atoms with E-state index in [1.807, 2.05) is 11.8 Å². The third-order valence-electron chi connectivity index (χ3n) is 2.02. The summed E-state index contributed by atoms with van der Waals surface area (Å²) in [6, 6.07) is 2.04. The Bertz CT molecular complexity index is 336. The van der Waals surface area contributed by atoms with E-state index in [4.69, 9.17) is 23.2 Å². The Morgan fingerprint density at radius 1 is 1.44 bits per heavy atom. The molecule has 1 aromatic heterocycles. The second-order valence-corrected chi connectivity index (χ2v) is 5.54. The van der Waals surface area contributed by atoms with E-state index in [1.54, 1.807) is 6.07 Å². The lowest BCUT2D eigenvalue weighted by Crippen LogP contribution is -2.16. The topological polar surface area (TPSA) is 37.8 Å². The number of hydrogen-bond acceptors (Lipinski definition) is 4. The predicted molar refractivity (Wildman–Crippen MR) is 72.8 cm³/mol. The highest BCUT2D eigenvalue weighted by Gasteiger charge is 2.07. The van der Waals surface area contributed by atoms with Crippen molar-refractivity contribution in [3.05, 3.63) is 16.4 Å². The van der Waals surface area contributed by atoms with Crippen LogP contribution in [0.15, 0.2) is 6.07 Å². The first-order chi connectivity index (χ1) is 7.63. The van der Waals surface area contributed by atoms with Gasteiger partial charge >= 0.3 is 0 Å². The van der Waals surface area contributed by atoms with E-state index in [0.717, 1.165) is 23.6 Å². The molecule has 90 valence electrons. The minimum atomic E-state index is 0.344. The number of halogens is 2.